The Morgan fingerprint density at radius 1 is 1.17 bits per heavy atom. The van der Waals surface area contributed by atoms with E-state index < -0.39 is 0 Å². The lowest BCUT2D eigenvalue weighted by molar-refractivity contribution is 1.43. The number of thiocarbonyl (C=S) groups is 1. The fraction of sp³-hybridized carbons (Fsp3) is 0.0714. The molecule has 0 saturated carbocycles. The van der Waals surface area contributed by atoms with Crippen molar-refractivity contribution in [3.8, 4) is 0 Å². The molecule has 0 saturated heterocycles. The van der Waals surface area contributed by atoms with Crippen molar-refractivity contribution in [2.24, 2.45) is 5.73 Å². The van der Waals surface area contributed by atoms with E-state index in [1.165, 1.54) is 5.56 Å². The molecule has 18 heavy (non-hydrogen) atoms. The van der Waals surface area contributed by atoms with Crippen LogP contribution < -0.4 is 11.1 Å². The molecule has 2 aromatic carbocycles. The zero-order valence-corrected chi connectivity index (χ0v) is 12.3. The summed E-state index contributed by atoms with van der Waals surface area (Å²) in [6.45, 7) is 2.05. The van der Waals surface area contributed by atoms with E-state index in [1.54, 1.807) is 0 Å². The van der Waals surface area contributed by atoms with Gasteiger partial charge >= 0.3 is 0 Å². The average Bonchev–Trinajstić information content (AvgIpc) is 2.34. The molecule has 92 valence electrons. The van der Waals surface area contributed by atoms with Gasteiger partial charge in [-0.25, -0.2) is 0 Å². The van der Waals surface area contributed by atoms with Crippen LogP contribution in [0.2, 0.25) is 0 Å². The Balaban J connectivity index is 2.40. The minimum atomic E-state index is 0.391. The number of nitrogens with one attached hydrogen (secondary N) is 1. The third-order valence-electron chi connectivity index (χ3n) is 2.58. The van der Waals surface area contributed by atoms with Gasteiger partial charge in [-0.3, -0.25) is 0 Å². The zero-order chi connectivity index (χ0) is 13.1. The summed E-state index contributed by atoms with van der Waals surface area (Å²) in [4.78, 5) is 0.391. The summed E-state index contributed by atoms with van der Waals surface area (Å²) in [7, 11) is 0. The van der Waals surface area contributed by atoms with E-state index in [4.69, 9.17) is 18.0 Å². The number of benzene rings is 2. The molecule has 0 amide bonds. The van der Waals surface area contributed by atoms with Crippen molar-refractivity contribution >= 4 is 44.5 Å². The standard InChI is InChI=1S/C14H13BrN2S/c1-9-6-7-11(15)13(8-9)17-12-5-3-2-4-10(12)14(16)18/h2-8,17H,1H3,(H2,16,18). The van der Waals surface area contributed by atoms with Gasteiger partial charge in [0.25, 0.3) is 0 Å². The largest absolute Gasteiger partial charge is 0.389 e. The van der Waals surface area contributed by atoms with E-state index in [9.17, 15) is 0 Å². The number of aryl methyl sites for hydroxylation is 1. The van der Waals surface area contributed by atoms with Crippen molar-refractivity contribution in [2.45, 2.75) is 6.92 Å². The summed E-state index contributed by atoms with van der Waals surface area (Å²) in [5.74, 6) is 0. The highest BCUT2D eigenvalue weighted by Gasteiger charge is 2.06. The van der Waals surface area contributed by atoms with Crippen LogP contribution >= 0.6 is 28.1 Å². The van der Waals surface area contributed by atoms with Crippen molar-refractivity contribution in [1.29, 1.82) is 0 Å². The lowest BCUT2D eigenvalue weighted by atomic mass is 10.1. The first-order valence-electron chi connectivity index (χ1n) is 5.50. The SMILES string of the molecule is Cc1ccc(Br)c(Nc2ccccc2C(N)=S)c1. The van der Waals surface area contributed by atoms with E-state index >= 15 is 0 Å². The summed E-state index contributed by atoms with van der Waals surface area (Å²) in [5, 5.41) is 3.35. The summed E-state index contributed by atoms with van der Waals surface area (Å²) < 4.78 is 1.01. The Labute approximate surface area is 120 Å². The molecule has 0 aliphatic carbocycles. The summed E-state index contributed by atoms with van der Waals surface area (Å²) in [5.41, 5.74) is 9.66. The third kappa shape index (κ3) is 2.89. The van der Waals surface area contributed by atoms with Crippen LogP contribution in [0.15, 0.2) is 46.9 Å². The van der Waals surface area contributed by atoms with Gasteiger partial charge in [-0.15, -0.1) is 0 Å². The molecular weight excluding hydrogens is 308 g/mol. The molecule has 0 atom stereocenters. The van der Waals surface area contributed by atoms with Gasteiger partial charge in [0.15, 0.2) is 0 Å². The molecule has 0 aliphatic rings. The van der Waals surface area contributed by atoms with Crippen molar-refractivity contribution in [3.05, 3.63) is 58.1 Å². The fourth-order valence-corrected chi connectivity index (χ4v) is 2.21. The molecular formula is C14H13BrN2S. The average molecular weight is 321 g/mol. The second-order valence-corrected chi connectivity index (χ2v) is 5.31. The van der Waals surface area contributed by atoms with Gasteiger partial charge < -0.3 is 11.1 Å². The van der Waals surface area contributed by atoms with Crippen LogP contribution in [-0.4, -0.2) is 4.99 Å². The second-order valence-electron chi connectivity index (χ2n) is 4.02. The van der Waals surface area contributed by atoms with Crippen LogP contribution in [0.5, 0.6) is 0 Å². The molecule has 2 rings (SSSR count). The van der Waals surface area contributed by atoms with Crippen LogP contribution in [0.3, 0.4) is 0 Å². The van der Waals surface area contributed by atoms with Gasteiger partial charge in [-0.05, 0) is 52.7 Å². The van der Waals surface area contributed by atoms with Crippen molar-refractivity contribution in [1.82, 2.24) is 0 Å². The van der Waals surface area contributed by atoms with Crippen LogP contribution in [0.1, 0.15) is 11.1 Å². The summed E-state index contributed by atoms with van der Waals surface area (Å²) in [6.07, 6.45) is 0. The molecule has 3 N–H and O–H groups in total. The maximum atomic E-state index is 5.72. The molecule has 0 fully saturated rings. The van der Waals surface area contributed by atoms with Gasteiger partial charge in [-0.2, -0.15) is 0 Å². The zero-order valence-electron chi connectivity index (χ0n) is 9.91. The Bertz CT molecular complexity index is 596. The molecule has 2 nitrogen and oxygen atoms in total. The highest BCUT2D eigenvalue weighted by atomic mass is 79.9. The molecule has 0 aromatic heterocycles. The molecule has 0 spiro atoms. The number of rotatable bonds is 3. The van der Waals surface area contributed by atoms with E-state index in [-0.39, 0.29) is 0 Å². The number of anilines is 2. The molecule has 0 bridgehead atoms. The van der Waals surface area contributed by atoms with Crippen molar-refractivity contribution in [2.75, 3.05) is 5.32 Å². The molecule has 0 unspecified atom stereocenters. The van der Waals surface area contributed by atoms with E-state index in [0.717, 1.165) is 21.4 Å². The molecule has 0 aliphatic heterocycles. The second kappa shape index (κ2) is 5.50. The smallest absolute Gasteiger partial charge is 0.106 e. The quantitative estimate of drug-likeness (QED) is 0.835. The van der Waals surface area contributed by atoms with E-state index in [0.29, 0.717) is 4.99 Å². The topological polar surface area (TPSA) is 38.0 Å². The Morgan fingerprint density at radius 2 is 1.89 bits per heavy atom. The van der Waals surface area contributed by atoms with Crippen molar-refractivity contribution in [3.63, 3.8) is 0 Å². The number of hydrogen-bond acceptors (Lipinski definition) is 2. The van der Waals surface area contributed by atoms with Crippen LogP contribution in [0, 0.1) is 6.92 Å². The van der Waals surface area contributed by atoms with E-state index in [1.807, 2.05) is 30.3 Å². The number of nitrogens with two attached hydrogens (primary N) is 1. The highest BCUT2D eigenvalue weighted by molar-refractivity contribution is 9.10. The van der Waals surface area contributed by atoms with Crippen LogP contribution in [-0.2, 0) is 0 Å². The molecule has 0 heterocycles. The molecule has 4 heteroatoms. The summed E-state index contributed by atoms with van der Waals surface area (Å²) >= 11 is 8.57. The monoisotopic (exact) mass is 320 g/mol. The minimum Gasteiger partial charge on any atom is -0.389 e. The Kier molecular flexibility index (Phi) is 3.99. The first-order valence-corrected chi connectivity index (χ1v) is 6.70. The van der Waals surface area contributed by atoms with Crippen molar-refractivity contribution < 1.29 is 0 Å². The molecule has 0 radical (unpaired) electrons. The number of para-hydroxylation sites is 1. The fourth-order valence-electron chi connectivity index (χ4n) is 1.69. The van der Waals surface area contributed by atoms with Gasteiger partial charge in [0.2, 0.25) is 0 Å². The van der Waals surface area contributed by atoms with Gasteiger partial charge in [-0.1, -0.05) is 30.4 Å². The van der Waals surface area contributed by atoms with Gasteiger partial charge in [0.05, 0.1) is 5.69 Å². The number of hydrogen-bond donors (Lipinski definition) is 2. The normalized spacial score (nSPS) is 10.1. The predicted molar refractivity (Wildman–Crippen MR) is 84.5 cm³/mol. The number of halogens is 1. The first-order chi connectivity index (χ1) is 8.58. The van der Waals surface area contributed by atoms with Gasteiger partial charge in [0, 0.05) is 15.7 Å². The lowest BCUT2D eigenvalue weighted by Crippen LogP contribution is -2.11. The maximum absolute atomic E-state index is 5.72. The minimum absolute atomic E-state index is 0.391. The highest BCUT2D eigenvalue weighted by Crippen LogP contribution is 2.28. The predicted octanol–water partition coefficient (Wildman–Crippen LogP) is 4.14. The maximum Gasteiger partial charge on any atom is 0.106 e. The molecule has 2 aromatic rings. The van der Waals surface area contributed by atoms with E-state index in [2.05, 4.69) is 40.3 Å². The summed E-state index contributed by atoms with van der Waals surface area (Å²) in [6, 6.07) is 13.9. The van der Waals surface area contributed by atoms with Gasteiger partial charge in [0.1, 0.15) is 4.99 Å². The van der Waals surface area contributed by atoms with Crippen LogP contribution in [0.25, 0.3) is 0 Å². The Morgan fingerprint density at radius 3 is 2.61 bits per heavy atom. The van der Waals surface area contributed by atoms with Crippen LogP contribution in [0.4, 0.5) is 11.4 Å². The first kappa shape index (κ1) is 13.1. The Hall–Kier alpha value is -1.39. The lowest BCUT2D eigenvalue weighted by Gasteiger charge is -2.13. The third-order valence-corrected chi connectivity index (χ3v) is 3.50.